The first-order valence-electron chi connectivity index (χ1n) is 6.29. The van der Waals surface area contributed by atoms with E-state index in [1.54, 1.807) is 0 Å². The average molecular weight is 272 g/mol. The van der Waals surface area contributed by atoms with Gasteiger partial charge in [-0.05, 0) is 6.07 Å². The number of para-hydroxylation sites is 1. The Labute approximate surface area is 113 Å². The van der Waals surface area contributed by atoms with Crippen molar-refractivity contribution >= 4 is 11.0 Å². The molecule has 5 heteroatoms. The lowest BCUT2D eigenvalue weighted by atomic mass is 10.0. The number of halogens is 2. The highest BCUT2D eigenvalue weighted by Crippen LogP contribution is 2.37. The summed E-state index contributed by atoms with van der Waals surface area (Å²) < 4.78 is 32.0. The number of rotatable bonds is 1. The van der Waals surface area contributed by atoms with Gasteiger partial charge in [-0.15, -0.1) is 0 Å². The quantitative estimate of drug-likeness (QED) is 0.737. The summed E-state index contributed by atoms with van der Waals surface area (Å²) in [5.41, 5.74) is 1.94. The van der Waals surface area contributed by atoms with E-state index in [0.717, 1.165) is 23.4 Å². The maximum absolute atomic E-state index is 13.2. The number of hydrogen-bond donors (Lipinski definition) is 1. The predicted molar refractivity (Wildman–Crippen MR) is 69.8 cm³/mol. The molecule has 0 spiro atoms. The molecule has 4 rings (SSSR count). The maximum Gasteiger partial charge on any atom is 0.161 e. The van der Waals surface area contributed by atoms with Crippen molar-refractivity contribution in [2.75, 3.05) is 6.61 Å². The second-order valence-corrected chi connectivity index (χ2v) is 4.81. The van der Waals surface area contributed by atoms with Crippen molar-refractivity contribution in [3.63, 3.8) is 0 Å². The first kappa shape index (κ1) is 11.4. The summed E-state index contributed by atoms with van der Waals surface area (Å²) in [6, 6.07) is 9.95. The standard InChI is InChI=1S/C15H10F2N2O/c16-10-5-12-13(6-11(10)17)19-15(18-12)9-7-20-14-4-2-1-3-8(9)14/h1-6,9H,7H2,(H,18,19). The number of nitrogens with zero attached hydrogens (tertiary/aromatic N) is 1. The molecule has 1 aliphatic rings. The second kappa shape index (κ2) is 4.03. The van der Waals surface area contributed by atoms with Crippen LogP contribution in [0, 0.1) is 11.6 Å². The molecule has 3 nitrogen and oxygen atoms in total. The number of aromatic nitrogens is 2. The monoisotopic (exact) mass is 272 g/mol. The number of H-pyrrole nitrogens is 1. The first-order valence-corrected chi connectivity index (χ1v) is 6.29. The summed E-state index contributed by atoms with van der Waals surface area (Å²) in [4.78, 5) is 7.40. The van der Waals surface area contributed by atoms with Gasteiger partial charge < -0.3 is 9.72 Å². The number of fused-ring (bicyclic) bond motifs is 2. The molecule has 0 fully saturated rings. The summed E-state index contributed by atoms with van der Waals surface area (Å²) in [6.45, 7) is 0.476. The van der Waals surface area contributed by atoms with E-state index < -0.39 is 11.6 Å². The van der Waals surface area contributed by atoms with Crippen LogP contribution in [0.1, 0.15) is 17.3 Å². The van der Waals surface area contributed by atoms with Crippen LogP contribution >= 0.6 is 0 Å². The minimum atomic E-state index is -0.890. The molecule has 1 atom stereocenters. The highest BCUT2D eigenvalue weighted by molar-refractivity contribution is 5.75. The molecule has 0 bridgehead atoms. The maximum atomic E-state index is 13.2. The molecule has 100 valence electrons. The summed E-state index contributed by atoms with van der Waals surface area (Å²) in [6.07, 6.45) is 0. The first-order chi connectivity index (χ1) is 9.72. The van der Waals surface area contributed by atoms with Crippen LogP contribution in [0.15, 0.2) is 36.4 Å². The van der Waals surface area contributed by atoms with Crippen LogP contribution in [0.3, 0.4) is 0 Å². The zero-order chi connectivity index (χ0) is 13.7. The number of ether oxygens (including phenoxy) is 1. The fourth-order valence-corrected chi connectivity index (χ4v) is 2.58. The minimum Gasteiger partial charge on any atom is -0.492 e. The van der Waals surface area contributed by atoms with E-state index in [9.17, 15) is 8.78 Å². The van der Waals surface area contributed by atoms with Gasteiger partial charge in [0.2, 0.25) is 0 Å². The zero-order valence-corrected chi connectivity index (χ0v) is 10.4. The molecule has 1 N–H and O–H groups in total. The highest BCUT2D eigenvalue weighted by Gasteiger charge is 2.28. The second-order valence-electron chi connectivity index (χ2n) is 4.81. The largest absolute Gasteiger partial charge is 0.492 e. The summed E-state index contributed by atoms with van der Waals surface area (Å²) in [5, 5.41) is 0. The van der Waals surface area contributed by atoms with E-state index in [2.05, 4.69) is 9.97 Å². The Balaban J connectivity index is 1.84. The van der Waals surface area contributed by atoms with Gasteiger partial charge in [-0.3, -0.25) is 0 Å². The van der Waals surface area contributed by atoms with Gasteiger partial charge in [0.1, 0.15) is 18.2 Å². The third-order valence-electron chi connectivity index (χ3n) is 3.57. The molecule has 0 saturated heterocycles. The van der Waals surface area contributed by atoms with Gasteiger partial charge in [0.25, 0.3) is 0 Å². The fourth-order valence-electron chi connectivity index (χ4n) is 2.58. The molecule has 0 aliphatic carbocycles. The van der Waals surface area contributed by atoms with Crippen LogP contribution < -0.4 is 4.74 Å². The van der Waals surface area contributed by atoms with E-state index in [1.807, 2.05) is 24.3 Å². The number of nitrogens with one attached hydrogen (secondary N) is 1. The van der Waals surface area contributed by atoms with Gasteiger partial charge in [-0.1, -0.05) is 18.2 Å². The van der Waals surface area contributed by atoms with Gasteiger partial charge >= 0.3 is 0 Å². The average Bonchev–Trinajstić information content (AvgIpc) is 3.02. The summed E-state index contributed by atoms with van der Waals surface area (Å²) in [5.74, 6) is -0.315. The number of imidazole rings is 1. The molecular weight excluding hydrogens is 262 g/mol. The molecule has 3 aromatic rings. The lowest BCUT2D eigenvalue weighted by Gasteiger charge is -2.03. The molecular formula is C15H10F2N2O. The Bertz CT molecular complexity index is 774. The smallest absolute Gasteiger partial charge is 0.161 e. The molecule has 2 heterocycles. The highest BCUT2D eigenvalue weighted by atomic mass is 19.2. The van der Waals surface area contributed by atoms with Gasteiger partial charge in [0.15, 0.2) is 11.6 Å². The van der Waals surface area contributed by atoms with E-state index >= 15 is 0 Å². The van der Waals surface area contributed by atoms with Crippen LogP contribution in [-0.4, -0.2) is 16.6 Å². The van der Waals surface area contributed by atoms with Crippen molar-refractivity contribution in [3.8, 4) is 5.75 Å². The molecule has 1 aliphatic heterocycles. The molecule has 1 aromatic heterocycles. The number of benzene rings is 2. The normalized spacial score (nSPS) is 17.2. The minimum absolute atomic E-state index is 0.0373. The molecule has 2 aromatic carbocycles. The van der Waals surface area contributed by atoms with Crippen LogP contribution in [0.25, 0.3) is 11.0 Å². The van der Waals surface area contributed by atoms with Crippen LogP contribution in [0.5, 0.6) is 5.75 Å². The van der Waals surface area contributed by atoms with Crippen molar-refractivity contribution in [1.82, 2.24) is 9.97 Å². The van der Waals surface area contributed by atoms with E-state index in [0.29, 0.717) is 23.5 Å². The Kier molecular flexibility index (Phi) is 2.30. The lowest BCUT2D eigenvalue weighted by molar-refractivity contribution is 0.340. The predicted octanol–water partition coefficient (Wildman–Crippen LogP) is 3.37. The van der Waals surface area contributed by atoms with Gasteiger partial charge in [-0.25, -0.2) is 13.8 Å². The number of aromatic amines is 1. The van der Waals surface area contributed by atoms with Gasteiger partial charge in [0.05, 0.1) is 17.0 Å². The van der Waals surface area contributed by atoms with Gasteiger partial charge in [-0.2, -0.15) is 0 Å². The Morgan fingerprint density at radius 3 is 2.85 bits per heavy atom. The van der Waals surface area contributed by atoms with Gasteiger partial charge in [0, 0.05) is 17.7 Å². The van der Waals surface area contributed by atoms with Crippen molar-refractivity contribution in [2.45, 2.75) is 5.92 Å². The summed E-state index contributed by atoms with van der Waals surface area (Å²) in [7, 11) is 0. The Morgan fingerprint density at radius 1 is 1.15 bits per heavy atom. The fraction of sp³-hybridized carbons (Fsp3) is 0.133. The van der Waals surface area contributed by atoms with Crippen LogP contribution in [0.4, 0.5) is 8.78 Å². The Morgan fingerprint density at radius 2 is 1.95 bits per heavy atom. The molecule has 20 heavy (non-hydrogen) atoms. The van der Waals surface area contributed by atoms with E-state index in [1.165, 1.54) is 0 Å². The Hall–Kier alpha value is -2.43. The van der Waals surface area contributed by atoms with Crippen molar-refractivity contribution in [2.24, 2.45) is 0 Å². The third-order valence-corrected chi connectivity index (χ3v) is 3.57. The van der Waals surface area contributed by atoms with Crippen LogP contribution in [0.2, 0.25) is 0 Å². The van der Waals surface area contributed by atoms with Crippen molar-refractivity contribution in [3.05, 3.63) is 59.4 Å². The van der Waals surface area contributed by atoms with Crippen molar-refractivity contribution in [1.29, 1.82) is 0 Å². The zero-order valence-electron chi connectivity index (χ0n) is 10.4. The van der Waals surface area contributed by atoms with Crippen LogP contribution in [-0.2, 0) is 0 Å². The van der Waals surface area contributed by atoms with E-state index in [4.69, 9.17) is 4.74 Å². The topological polar surface area (TPSA) is 37.9 Å². The van der Waals surface area contributed by atoms with Crippen molar-refractivity contribution < 1.29 is 13.5 Å². The SMILES string of the molecule is Fc1cc2nc(C3COc4ccccc43)[nH]c2cc1F. The number of hydrogen-bond acceptors (Lipinski definition) is 2. The van der Waals surface area contributed by atoms with E-state index in [-0.39, 0.29) is 5.92 Å². The molecule has 0 radical (unpaired) electrons. The third kappa shape index (κ3) is 1.59. The lowest BCUT2D eigenvalue weighted by Crippen LogP contribution is -2.04. The molecule has 0 amide bonds. The summed E-state index contributed by atoms with van der Waals surface area (Å²) >= 11 is 0. The molecule has 0 saturated carbocycles. The molecule has 1 unspecified atom stereocenters.